The van der Waals surface area contributed by atoms with Gasteiger partial charge in [0.25, 0.3) is 0 Å². The molecular weight excluding hydrogens is 238 g/mol. The first-order valence-electron chi connectivity index (χ1n) is 6.93. The predicted octanol–water partition coefficient (Wildman–Crippen LogP) is 3.19. The van der Waals surface area contributed by atoms with Crippen molar-refractivity contribution in [2.45, 2.75) is 53.7 Å². The average Bonchev–Trinajstić information content (AvgIpc) is 2.33. The number of hydrogen-bond donors (Lipinski definition) is 1. The van der Waals surface area contributed by atoms with Gasteiger partial charge < -0.3 is 10.1 Å². The van der Waals surface area contributed by atoms with E-state index in [4.69, 9.17) is 4.74 Å². The number of rotatable bonds is 5. The summed E-state index contributed by atoms with van der Waals surface area (Å²) in [5, 5.41) is 3.21. The van der Waals surface area contributed by atoms with Crippen LogP contribution in [-0.4, -0.2) is 23.6 Å². The van der Waals surface area contributed by atoms with Crippen molar-refractivity contribution >= 4 is 0 Å². The van der Waals surface area contributed by atoms with E-state index in [-0.39, 0.29) is 17.6 Å². The molecule has 1 aromatic rings. The zero-order chi connectivity index (χ0) is 14.6. The van der Waals surface area contributed by atoms with E-state index in [0.29, 0.717) is 6.61 Å². The molecule has 0 amide bonds. The van der Waals surface area contributed by atoms with Crippen LogP contribution in [0, 0.1) is 12.3 Å². The largest absolute Gasteiger partial charge is 0.370 e. The van der Waals surface area contributed by atoms with E-state index >= 15 is 0 Å². The molecule has 0 fully saturated rings. The summed E-state index contributed by atoms with van der Waals surface area (Å²) in [6, 6.07) is 0.259. The summed E-state index contributed by atoms with van der Waals surface area (Å²) in [5.74, 6) is 0.777. The summed E-state index contributed by atoms with van der Waals surface area (Å²) in [6.45, 7) is 13.2. The van der Waals surface area contributed by atoms with Gasteiger partial charge in [0.1, 0.15) is 6.10 Å². The van der Waals surface area contributed by atoms with Crippen LogP contribution in [0.25, 0.3) is 0 Å². The topological polar surface area (TPSA) is 47.0 Å². The molecule has 0 bridgehead atoms. The quantitative estimate of drug-likeness (QED) is 0.888. The number of nitrogens with one attached hydrogen (secondary N) is 1. The van der Waals surface area contributed by atoms with Crippen LogP contribution in [0.2, 0.25) is 0 Å². The van der Waals surface area contributed by atoms with E-state index < -0.39 is 0 Å². The van der Waals surface area contributed by atoms with Crippen LogP contribution in [0.5, 0.6) is 0 Å². The second-order valence-corrected chi connectivity index (χ2v) is 5.98. The molecule has 0 saturated carbocycles. The SMILES string of the molecule is CCOC(c1ncc(C(C)NC)c(C)n1)C(C)(C)C. The van der Waals surface area contributed by atoms with E-state index in [0.717, 1.165) is 17.1 Å². The molecule has 1 aromatic heterocycles. The second-order valence-electron chi connectivity index (χ2n) is 5.98. The monoisotopic (exact) mass is 265 g/mol. The summed E-state index contributed by atoms with van der Waals surface area (Å²) >= 11 is 0. The second kappa shape index (κ2) is 6.44. The molecule has 0 saturated heterocycles. The molecule has 0 aliphatic heterocycles. The van der Waals surface area contributed by atoms with Gasteiger partial charge in [-0.2, -0.15) is 0 Å². The molecule has 4 nitrogen and oxygen atoms in total. The van der Waals surface area contributed by atoms with Crippen molar-refractivity contribution in [1.82, 2.24) is 15.3 Å². The molecule has 1 rings (SSSR count). The van der Waals surface area contributed by atoms with Crippen LogP contribution < -0.4 is 5.32 Å². The normalized spacial score (nSPS) is 15.3. The summed E-state index contributed by atoms with van der Waals surface area (Å²) in [5.41, 5.74) is 2.13. The van der Waals surface area contributed by atoms with Gasteiger partial charge in [0.2, 0.25) is 0 Å². The molecule has 2 unspecified atom stereocenters. The summed E-state index contributed by atoms with van der Waals surface area (Å²) < 4.78 is 5.83. The van der Waals surface area contributed by atoms with E-state index in [1.807, 2.05) is 27.1 Å². The Morgan fingerprint density at radius 3 is 2.42 bits per heavy atom. The lowest BCUT2D eigenvalue weighted by molar-refractivity contribution is -0.0192. The highest BCUT2D eigenvalue weighted by Crippen LogP contribution is 2.34. The molecule has 0 radical (unpaired) electrons. The molecule has 108 valence electrons. The summed E-state index contributed by atoms with van der Waals surface area (Å²) in [7, 11) is 1.94. The van der Waals surface area contributed by atoms with Crippen LogP contribution >= 0.6 is 0 Å². The van der Waals surface area contributed by atoms with Crippen molar-refractivity contribution in [3.8, 4) is 0 Å². The smallest absolute Gasteiger partial charge is 0.157 e. The zero-order valence-corrected chi connectivity index (χ0v) is 13.2. The van der Waals surface area contributed by atoms with E-state index in [2.05, 4.69) is 43.0 Å². The van der Waals surface area contributed by atoms with Crippen molar-refractivity contribution in [3.05, 3.63) is 23.3 Å². The number of nitrogens with zero attached hydrogens (tertiary/aromatic N) is 2. The minimum atomic E-state index is -0.0739. The van der Waals surface area contributed by atoms with Crippen molar-refractivity contribution in [2.75, 3.05) is 13.7 Å². The highest BCUT2D eigenvalue weighted by molar-refractivity contribution is 5.20. The third-order valence-corrected chi connectivity index (χ3v) is 3.29. The lowest BCUT2D eigenvalue weighted by Crippen LogP contribution is -2.24. The van der Waals surface area contributed by atoms with Gasteiger partial charge in [0, 0.05) is 30.1 Å². The Labute approximate surface area is 117 Å². The Morgan fingerprint density at radius 1 is 1.37 bits per heavy atom. The van der Waals surface area contributed by atoms with Gasteiger partial charge in [0.15, 0.2) is 5.82 Å². The fourth-order valence-electron chi connectivity index (χ4n) is 2.08. The maximum absolute atomic E-state index is 5.83. The molecular formula is C15H27N3O. The molecule has 2 atom stereocenters. The Morgan fingerprint density at radius 2 is 2.00 bits per heavy atom. The number of aromatic nitrogens is 2. The average molecular weight is 265 g/mol. The maximum atomic E-state index is 5.83. The highest BCUT2D eigenvalue weighted by Gasteiger charge is 2.29. The van der Waals surface area contributed by atoms with Crippen LogP contribution in [-0.2, 0) is 4.74 Å². The number of hydrogen-bond acceptors (Lipinski definition) is 4. The van der Waals surface area contributed by atoms with Crippen molar-refractivity contribution in [1.29, 1.82) is 0 Å². The van der Waals surface area contributed by atoms with E-state index in [1.54, 1.807) is 0 Å². The van der Waals surface area contributed by atoms with Crippen molar-refractivity contribution < 1.29 is 4.74 Å². The van der Waals surface area contributed by atoms with Gasteiger partial charge in [0.05, 0.1) is 0 Å². The zero-order valence-electron chi connectivity index (χ0n) is 13.2. The molecule has 0 spiro atoms. The first-order valence-corrected chi connectivity index (χ1v) is 6.93. The first-order chi connectivity index (χ1) is 8.81. The fraction of sp³-hybridized carbons (Fsp3) is 0.733. The lowest BCUT2D eigenvalue weighted by Gasteiger charge is -2.29. The number of ether oxygens (including phenoxy) is 1. The number of aryl methyl sites for hydroxylation is 1. The van der Waals surface area contributed by atoms with Crippen LogP contribution in [0.1, 0.15) is 63.8 Å². The van der Waals surface area contributed by atoms with Crippen molar-refractivity contribution in [2.24, 2.45) is 5.41 Å². The van der Waals surface area contributed by atoms with Crippen LogP contribution in [0.3, 0.4) is 0 Å². The van der Waals surface area contributed by atoms with Gasteiger partial charge in [-0.15, -0.1) is 0 Å². The summed E-state index contributed by atoms with van der Waals surface area (Å²) in [4.78, 5) is 9.17. The fourth-order valence-corrected chi connectivity index (χ4v) is 2.08. The lowest BCUT2D eigenvalue weighted by atomic mass is 9.88. The molecule has 4 heteroatoms. The Bertz CT molecular complexity index is 412. The molecule has 0 aliphatic carbocycles. The van der Waals surface area contributed by atoms with Crippen LogP contribution in [0.4, 0.5) is 0 Å². The van der Waals surface area contributed by atoms with E-state index in [9.17, 15) is 0 Å². The summed E-state index contributed by atoms with van der Waals surface area (Å²) in [6.07, 6.45) is 1.84. The standard InChI is InChI=1S/C15H27N3O/c1-8-19-13(15(4,5)6)14-17-9-12(10(2)16-7)11(3)18-14/h9-10,13,16H,8H2,1-7H3. The van der Waals surface area contributed by atoms with Gasteiger partial charge in [-0.25, -0.2) is 9.97 Å². The Hall–Kier alpha value is -1.00. The van der Waals surface area contributed by atoms with E-state index in [1.165, 1.54) is 0 Å². The maximum Gasteiger partial charge on any atom is 0.157 e. The first kappa shape index (κ1) is 16.1. The van der Waals surface area contributed by atoms with Crippen molar-refractivity contribution in [3.63, 3.8) is 0 Å². The van der Waals surface area contributed by atoms with Gasteiger partial charge in [-0.1, -0.05) is 20.8 Å². The minimum absolute atomic E-state index is 0.0153. The molecule has 19 heavy (non-hydrogen) atoms. The van der Waals surface area contributed by atoms with Crippen LogP contribution in [0.15, 0.2) is 6.20 Å². The Kier molecular flexibility index (Phi) is 5.44. The van der Waals surface area contributed by atoms with Gasteiger partial charge in [-0.05, 0) is 33.2 Å². The molecule has 0 aliphatic rings. The minimum Gasteiger partial charge on any atom is -0.370 e. The molecule has 0 aromatic carbocycles. The highest BCUT2D eigenvalue weighted by atomic mass is 16.5. The third kappa shape index (κ3) is 3.98. The molecule has 1 heterocycles. The predicted molar refractivity (Wildman–Crippen MR) is 78.1 cm³/mol. The molecule has 1 N–H and O–H groups in total. The third-order valence-electron chi connectivity index (χ3n) is 3.29. The Balaban J connectivity index is 3.10. The van der Waals surface area contributed by atoms with Gasteiger partial charge in [-0.3, -0.25) is 0 Å². The van der Waals surface area contributed by atoms with Gasteiger partial charge >= 0.3 is 0 Å².